The van der Waals surface area contributed by atoms with Gasteiger partial charge < -0.3 is 11.1 Å². The Morgan fingerprint density at radius 3 is 2.88 bits per heavy atom. The van der Waals surface area contributed by atoms with Gasteiger partial charge in [0.05, 0.1) is 18.3 Å². The minimum atomic E-state index is -0.413. The molecule has 0 aliphatic carbocycles. The molecule has 0 saturated carbocycles. The van der Waals surface area contributed by atoms with Crippen molar-refractivity contribution < 1.29 is 4.79 Å². The van der Waals surface area contributed by atoms with Gasteiger partial charge in [0.2, 0.25) is 5.91 Å². The van der Waals surface area contributed by atoms with Crippen molar-refractivity contribution in [3.8, 4) is 0 Å². The maximum Gasteiger partial charge on any atom is 0.237 e. The summed E-state index contributed by atoms with van der Waals surface area (Å²) in [5, 5.41) is 6.94. The van der Waals surface area contributed by atoms with E-state index in [2.05, 4.69) is 10.4 Å². The van der Waals surface area contributed by atoms with Crippen molar-refractivity contribution in [2.24, 2.45) is 12.8 Å². The number of nitrogens with one attached hydrogen (secondary N) is 1. The molecular weight excluding hydrogens is 204 g/mol. The molecule has 5 heteroatoms. The molecule has 2 unspecified atom stereocenters. The van der Waals surface area contributed by atoms with Gasteiger partial charge in [-0.1, -0.05) is 13.3 Å². The van der Waals surface area contributed by atoms with Crippen LogP contribution >= 0.6 is 0 Å². The maximum absolute atomic E-state index is 11.7. The predicted molar refractivity (Wildman–Crippen MR) is 62.6 cm³/mol. The fraction of sp³-hybridized carbons (Fsp3) is 0.636. The van der Waals surface area contributed by atoms with Gasteiger partial charge in [0.25, 0.3) is 0 Å². The van der Waals surface area contributed by atoms with Gasteiger partial charge in [-0.2, -0.15) is 5.10 Å². The zero-order valence-corrected chi connectivity index (χ0v) is 10.1. The molecule has 0 radical (unpaired) electrons. The summed E-state index contributed by atoms with van der Waals surface area (Å²) in [5.41, 5.74) is 6.71. The first-order chi connectivity index (χ1) is 7.54. The fourth-order valence-electron chi connectivity index (χ4n) is 1.51. The normalized spacial score (nSPS) is 14.5. The number of aryl methyl sites for hydroxylation is 1. The molecule has 0 aliphatic heterocycles. The summed E-state index contributed by atoms with van der Waals surface area (Å²) in [6.45, 7) is 3.94. The quantitative estimate of drug-likeness (QED) is 0.774. The van der Waals surface area contributed by atoms with Gasteiger partial charge in [-0.3, -0.25) is 9.48 Å². The van der Waals surface area contributed by atoms with Crippen molar-refractivity contribution in [2.75, 3.05) is 0 Å². The van der Waals surface area contributed by atoms with E-state index < -0.39 is 6.04 Å². The van der Waals surface area contributed by atoms with Crippen molar-refractivity contribution in [3.63, 3.8) is 0 Å². The Morgan fingerprint density at radius 2 is 2.38 bits per heavy atom. The fourth-order valence-corrected chi connectivity index (χ4v) is 1.51. The van der Waals surface area contributed by atoms with E-state index in [1.54, 1.807) is 10.9 Å². The second-order valence-electron chi connectivity index (χ2n) is 4.07. The van der Waals surface area contributed by atoms with Crippen LogP contribution in [0.5, 0.6) is 0 Å². The molecule has 5 nitrogen and oxygen atoms in total. The van der Waals surface area contributed by atoms with E-state index in [9.17, 15) is 4.79 Å². The summed E-state index contributed by atoms with van der Waals surface area (Å²) < 4.78 is 1.71. The number of nitrogens with zero attached hydrogens (tertiary/aromatic N) is 2. The maximum atomic E-state index is 11.7. The van der Waals surface area contributed by atoms with Crippen LogP contribution in [0.1, 0.15) is 38.3 Å². The number of carbonyl (C=O) groups is 1. The molecule has 16 heavy (non-hydrogen) atoms. The minimum absolute atomic E-state index is 0.0518. The summed E-state index contributed by atoms with van der Waals surface area (Å²) in [6, 6.07) is -0.465. The molecule has 1 aromatic heterocycles. The SMILES string of the molecule is CCCC(N)C(=O)NC(C)c1cnn(C)c1. The molecule has 1 amide bonds. The Kier molecular flexibility index (Phi) is 4.49. The molecule has 1 rings (SSSR count). The minimum Gasteiger partial charge on any atom is -0.348 e. The first kappa shape index (κ1) is 12.7. The van der Waals surface area contributed by atoms with E-state index in [0.29, 0.717) is 6.42 Å². The van der Waals surface area contributed by atoms with Crippen LogP contribution in [0.15, 0.2) is 12.4 Å². The Labute approximate surface area is 96.0 Å². The molecule has 0 aliphatic rings. The summed E-state index contributed by atoms with van der Waals surface area (Å²) in [7, 11) is 1.85. The standard InChI is InChI=1S/C11H20N4O/c1-4-5-10(12)11(16)14-8(2)9-6-13-15(3)7-9/h6-8,10H,4-5,12H2,1-3H3,(H,14,16). The lowest BCUT2D eigenvalue weighted by molar-refractivity contribution is -0.123. The van der Waals surface area contributed by atoms with Crippen LogP contribution in [-0.2, 0) is 11.8 Å². The van der Waals surface area contributed by atoms with Crippen LogP contribution < -0.4 is 11.1 Å². The number of amides is 1. The topological polar surface area (TPSA) is 72.9 Å². The van der Waals surface area contributed by atoms with E-state index in [1.807, 2.05) is 27.1 Å². The first-order valence-electron chi connectivity index (χ1n) is 5.59. The summed E-state index contributed by atoms with van der Waals surface area (Å²) in [6.07, 6.45) is 5.26. The van der Waals surface area contributed by atoms with E-state index >= 15 is 0 Å². The number of hydrogen-bond acceptors (Lipinski definition) is 3. The highest BCUT2D eigenvalue weighted by Gasteiger charge is 2.16. The number of carbonyl (C=O) groups excluding carboxylic acids is 1. The summed E-state index contributed by atoms with van der Waals surface area (Å²) in [4.78, 5) is 11.7. The zero-order valence-electron chi connectivity index (χ0n) is 10.1. The lowest BCUT2D eigenvalue weighted by Crippen LogP contribution is -2.41. The highest BCUT2D eigenvalue weighted by Crippen LogP contribution is 2.10. The van der Waals surface area contributed by atoms with Crippen molar-refractivity contribution in [1.82, 2.24) is 15.1 Å². The lowest BCUT2D eigenvalue weighted by Gasteiger charge is -2.15. The van der Waals surface area contributed by atoms with E-state index in [0.717, 1.165) is 12.0 Å². The van der Waals surface area contributed by atoms with Crippen molar-refractivity contribution in [3.05, 3.63) is 18.0 Å². The van der Waals surface area contributed by atoms with Gasteiger partial charge in [-0.25, -0.2) is 0 Å². The highest BCUT2D eigenvalue weighted by atomic mass is 16.2. The lowest BCUT2D eigenvalue weighted by atomic mass is 10.1. The van der Waals surface area contributed by atoms with Crippen LogP contribution in [-0.4, -0.2) is 21.7 Å². The third kappa shape index (κ3) is 3.34. The second kappa shape index (κ2) is 5.65. The Balaban J connectivity index is 2.51. The summed E-state index contributed by atoms with van der Waals surface area (Å²) >= 11 is 0. The Hall–Kier alpha value is -1.36. The van der Waals surface area contributed by atoms with E-state index in [4.69, 9.17) is 5.73 Å². The molecule has 90 valence electrons. The molecule has 0 spiro atoms. The predicted octanol–water partition coefficient (Wildman–Crippen LogP) is 0.725. The van der Waals surface area contributed by atoms with Crippen molar-refractivity contribution in [1.29, 1.82) is 0 Å². The monoisotopic (exact) mass is 224 g/mol. The molecule has 0 bridgehead atoms. The van der Waals surface area contributed by atoms with Crippen molar-refractivity contribution >= 4 is 5.91 Å². The van der Waals surface area contributed by atoms with Gasteiger partial charge in [0.15, 0.2) is 0 Å². The number of rotatable bonds is 5. The first-order valence-corrected chi connectivity index (χ1v) is 5.59. The molecule has 0 saturated heterocycles. The van der Waals surface area contributed by atoms with Crippen LogP contribution in [0.3, 0.4) is 0 Å². The highest BCUT2D eigenvalue weighted by molar-refractivity contribution is 5.81. The van der Waals surface area contributed by atoms with Gasteiger partial charge >= 0.3 is 0 Å². The van der Waals surface area contributed by atoms with Gasteiger partial charge in [-0.15, -0.1) is 0 Å². The van der Waals surface area contributed by atoms with Crippen LogP contribution in [0.2, 0.25) is 0 Å². The van der Waals surface area contributed by atoms with Crippen LogP contribution in [0.25, 0.3) is 0 Å². The molecule has 0 aromatic carbocycles. The van der Waals surface area contributed by atoms with E-state index in [1.165, 1.54) is 0 Å². The third-order valence-electron chi connectivity index (χ3n) is 2.52. The average molecular weight is 224 g/mol. The molecule has 0 fully saturated rings. The largest absolute Gasteiger partial charge is 0.348 e. The molecule has 2 atom stereocenters. The van der Waals surface area contributed by atoms with E-state index in [-0.39, 0.29) is 11.9 Å². The van der Waals surface area contributed by atoms with Crippen molar-refractivity contribution in [2.45, 2.75) is 38.8 Å². The van der Waals surface area contributed by atoms with Gasteiger partial charge in [0, 0.05) is 18.8 Å². The number of hydrogen-bond donors (Lipinski definition) is 2. The Morgan fingerprint density at radius 1 is 1.69 bits per heavy atom. The zero-order chi connectivity index (χ0) is 12.1. The molecular formula is C11H20N4O. The second-order valence-corrected chi connectivity index (χ2v) is 4.07. The molecule has 1 heterocycles. The van der Waals surface area contributed by atoms with Gasteiger partial charge in [0.1, 0.15) is 0 Å². The number of aromatic nitrogens is 2. The third-order valence-corrected chi connectivity index (χ3v) is 2.52. The smallest absolute Gasteiger partial charge is 0.237 e. The molecule has 3 N–H and O–H groups in total. The Bertz CT molecular complexity index is 348. The molecule has 1 aromatic rings. The van der Waals surface area contributed by atoms with Gasteiger partial charge in [-0.05, 0) is 13.3 Å². The average Bonchev–Trinajstić information content (AvgIpc) is 2.65. The van der Waals surface area contributed by atoms with Crippen LogP contribution in [0.4, 0.5) is 0 Å². The summed E-state index contributed by atoms with van der Waals surface area (Å²) in [5.74, 6) is -0.0989. The van der Waals surface area contributed by atoms with Crippen LogP contribution in [0, 0.1) is 0 Å². The number of nitrogens with two attached hydrogens (primary N) is 1.